The number of benzene rings is 1. The number of hydrogen-bond acceptors (Lipinski definition) is 4. The number of hydrogen-bond donors (Lipinski definition) is 1. The van der Waals surface area contributed by atoms with E-state index in [4.69, 9.17) is 0 Å². The van der Waals surface area contributed by atoms with Gasteiger partial charge in [-0.3, -0.25) is 9.48 Å². The summed E-state index contributed by atoms with van der Waals surface area (Å²) < 4.78 is 3.47. The number of carbonyl (C=O) groups excluding carboxylic acids is 1. The molecule has 0 aliphatic heterocycles. The van der Waals surface area contributed by atoms with E-state index in [2.05, 4.69) is 10.1 Å². The summed E-state index contributed by atoms with van der Waals surface area (Å²) >= 11 is 0. The Morgan fingerprint density at radius 2 is 2.13 bits per heavy atom. The first-order valence-corrected chi connectivity index (χ1v) is 7.35. The number of imidazole rings is 1. The summed E-state index contributed by atoms with van der Waals surface area (Å²) in [5, 5.41) is 13.6. The highest BCUT2D eigenvalue weighted by Crippen LogP contribution is 2.16. The Kier molecular flexibility index (Phi) is 4.12. The zero-order chi connectivity index (χ0) is 16.4. The molecule has 0 fully saturated rings. The monoisotopic (exact) mass is 313 g/mol. The van der Waals surface area contributed by atoms with Gasteiger partial charge < -0.3 is 14.6 Å². The Labute approximate surface area is 133 Å². The molecule has 0 unspecified atom stereocenters. The number of aliphatic hydroxyl groups is 1. The van der Waals surface area contributed by atoms with Crippen molar-refractivity contribution in [2.24, 2.45) is 7.05 Å². The summed E-state index contributed by atoms with van der Waals surface area (Å²) in [7, 11) is 3.60. The first kappa shape index (κ1) is 15.2. The Hall–Kier alpha value is -2.67. The van der Waals surface area contributed by atoms with Gasteiger partial charge in [0.1, 0.15) is 19.0 Å². The summed E-state index contributed by atoms with van der Waals surface area (Å²) in [4.78, 5) is 18.5. The third kappa shape index (κ3) is 3.09. The second-order valence-corrected chi connectivity index (χ2v) is 5.53. The Balaban J connectivity index is 1.79. The highest BCUT2D eigenvalue weighted by atomic mass is 16.3. The highest BCUT2D eigenvalue weighted by molar-refractivity contribution is 5.81. The van der Waals surface area contributed by atoms with Gasteiger partial charge in [-0.15, -0.1) is 0 Å². The van der Waals surface area contributed by atoms with Crippen LogP contribution in [0.25, 0.3) is 11.0 Å². The quantitative estimate of drug-likeness (QED) is 0.760. The molecule has 23 heavy (non-hydrogen) atoms. The fourth-order valence-corrected chi connectivity index (χ4v) is 2.59. The molecule has 2 heterocycles. The molecule has 0 atom stereocenters. The summed E-state index contributed by atoms with van der Waals surface area (Å²) in [5.74, 6) is 0.445. The maximum Gasteiger partial charge on any atom is 0.242 e. The second-order valence-electron chi connectivity index (χ2n) is 5.53. The van der Waals surface area contributed by atoms with Crippen LogP contribution in [0.1, 0.15) is 11.4 Å². The van der Waals surface area contributed by atoms with Crippen molar-refractivity contribution in [3.63, 3.8) is 0 Å². The second kappa shape index (κ2) is 6.21. The van der Waals surface area contributed by atoms with Gasteiger partial charge in [0, 0.05) is 32.4 Å². The third-order valence-electron chi connectivity index (χ3n) is 3.77. The number of fused-ring (bicyclic) bond motifs is 1. The molecule has 3 aromatic rings. The summed E-state index contributed by atoms with van der Waals surface area (Å²) in [6, 6.07) is 7.55. The predicted octanol–water partition coefficient (Wildman–Crippen LogP) is 0.921. The van der Waals surface area contributed by atoms with Gasteiger partial charge in [0.2, 0.25) is 5.91 Å². The van der Waals surface area contributed by atoms with Crippen LogP contribution in [0.3, 0.4) is 0 Å². The number of carbonyl (C=O) groups is 1. The van der Waals surface area contributed by atoms with Crippen LogP contribution in [0.2, 0.25) is 0 Å². The fourth-order valence-electron chi connectivity index (χ4n) is 2.59. The van der Waals surface area contributed by atoms with Crippen LogP contribution < -0.4 is 0 Å². The standard InChI is InChI=1S/C16H19N5O2/c1-19(8-12-7-17-20(2)9-12)16(23)10-21-14-6-4-3-5-13(14)18-15(21)11-22/h3-7,9,22H,8,10-11H2,1-2H3. The minimum atomic E-state index is -0.200. The third-order valence-corrected chi connectivity index (χ3v) is 3.77. The molecule has 3 rings (SSSR count). The number of likely N-dealkylation sites (N-methyl/N-ethyl adjacent to an activating group) is 1. The zero-order valence-corrected chi connectivity index (χ0v) is 13.2. The van der Waals surface area contributed by atoms with E-state index in [1.807, 2.05) is 37.5 Å². The number of rotatable bonds is 5. The largest absolute Gasteiger partial charge is 0.388 e. The van der Waals surface area contributed by atoms with Crippen molar-refractivity contribution in [1.82, 2.24) is 24.2 Å². The van der Waals surface area contributed by atoms with Gasteiger partial charge in [0.15, 0.2) is 0 Å². The van der Waals surface area contributed by atoms with E-state index in [9.17, 15) is 9.90 Å². The number of para-hydroxylation sites is 2. The fraction of sp³-hybridized carbons (Fsp3) is 0.312. The van der Waals surface area contributed by atoms with Gasteiger partial charge in [0.05, 0.1) is 17.2 Å². The molecule has 2 aromatic heterocycles. The van der Waals surface area contributed by atoms with Gasteiger partial charge in [-0.2, -0.15) is 5.10 Å². The van der Waals surface area contributed by atoms with Gasteiger partial charge in [0.25, 0.3) is 0 Å². The van der Waals surface area contributed by atoms with Gasteiger partial charge in [-0.1, -0.05) is 12.1 Å². The molecule has 0 saturated carbocycles. The minimum absolute atomic E-state index is 0.0493. The molecule has 0 saturated heterocycles. The Morgan fingerprint density at radius 1 is 1.35 bits per heavy atom. The first-order chi connectivity index (χ1) is 11.1. The number of aliphatic hydroxyl groups excluding tert-OH is 1. The SMILES string of the molecule is CN(Cc1cnn(C)c1)C(=O)Cn1c(CO)nc2ccccc21. The number of aryl methyl sites for hydroxylation is 1. The van der Waals surface area contributed by atoms with E-state index in [0.29, 0.717) is 12.4 Å². The molecule has 0 bridgehead atoms. The molecular weight excluding hydrogens is 294 g/mol. The number of amides is 1. The molecule has 7 heteroatoms. The molecule has 7 nitrogen and oxygen atoms in total. The average Bonchev–Trinajstić information content (AvgIpc) is 3.11. The molecule has 0 aliphatic carbocycles. The lowest BCUT2D eigenvalue weighted by Gasteiger charge is -2.17. The van der Waals surface area contributed by atoms with Crippen molar-refractivity contribution in [3.05, 3.63) is 48.0 Å². The lowest BCUT2D eigenvalue weighted by atomic mass is 10.3. The van der Waals surface area contributed by atoms with Crippen LogP contribution >= 0.6 is 0 Å². The van der Waals surface area contributed by atoms with Crippen LogP contribution in [0, 0.1) is 0 Å². The highest BCUT2D eigenvalue weighted by Gasteiger charge is 2.16. The van der Waals surface area contributed by atoms with E-state index < -0.39 is 0 Å². The van der Waals surface area contributed by atoms with Crippen LogP contribution in [0.15, 0.2) is 36.7 Å². The smallest absolute Gasteiger partial charge is 0.242 e. The number of aromatic nitrogens is 4. The van der Waals surface area contributed by atoms with E-state index >= 15 is 0 Å². The van der Waals surface area contributed by atoms with Crippen molar-refractivity contribution in [3.8, 4) is 0 Å². The van der Waals surface area contributed by atoms with Crippen molar-refractivity contribution >= 4 is 16.9 Å². The first-order valence-electron chi connectivity index (χ1n) is 7.35. The normalized spacial score (nSPS) is 11.1. The Morgan fingerprint density at radius 3 is 2.83 bits per heavy atom. The molecule has 120 valence electrons. The van der Waals surface area contributed by atoms with Gasteiger partial charge in [-0.05, 0) is 12.1 Å². The van der Waals surface area contributed by atoms with Crippen LogP contribution in [-0.4, -0.2) is 42.3 Å². The van der Waals surface area contributed by atoms with E-state index in [1.165, 1.54) is 0 Å². The molecular formula is C16H19N5O2. The molecule has 1 N–H and O–H groups in total. The van der Waals surface area contributed by atoms with Crippen molar-refractivity contribution < 1.29 is 9.90 Å². The van der Waals surface area contributed by atoms with E-state index in [-0.39, 0.29) is 19.1 Å². The van der Waals surface area contributed by atoms with Crippen LogP contribution in [0.5, 0.6) is 0 Å². The zero-order valence-electron chi connectivity index (χ0n) is 13.2. The maximum absolute atomic E-state index is 12.5. The number of nitrogens with zero attached hydrogens (tertiary/aromatic N) is 5. The van der Waals surface area contributed by atoms with Crippen molar-refractivity contribution in [2.75, 3.05) is 7.05 Å². The molecule has 0 spiro atoms. The summed E-state index contributed by atoms with van der Waals surface area (Å²) in [6.45, 7) is 0.440. The van der Waals surface area contributed by atoms with Gasteiger partial charge >= 0.3 is 0 Å². The van der Waals surface area contributed by atoms with E-state index in [0.717, 1.165) is 16.6 Å². The van der Waals surface area contributed by atoms with E-state index in [1.54, 1.807) is 27.4 Å². The molecule has 0 radical (unpaired) electrons. The topological polar surface area (TPSA) is 76.2 Å². The summed E-state index contributed by atoms with van der Waals surface area (Å²) in [5.41, 5.74) is 2.60. The van der Waals surface area contributed by atoms with Crippen molar-refractivity contribution in [1.29, 1.82) is 0 Å². The predicted molar refractivity (Wildman–Crippen MR) is 85.3 cm³/mol. The molecule has 1 aromatic carbocycles. The minimum Gasteiger partial charge on any atom is -0.388 e. The molecule has 1 amide bonds. The van der Waals surface area contributed by atoms with Crippen LogP contribution in [0.4, 0.5) is 0 Å². The van der Waals surface area contributed by atoms with Crippen molar-refractivity contribution in [2.45, 2.75) is 19.7 Å². The maximum atomic E-state index is 12.5. The molecule has 0 aliphatic rings. The lowest BCUT2D eigenvalue weighted by Crippen LogP contribution is -2.30. The Bertz CT molecular complexity index is 836. The lowest BCUT2D eigenvalue weighted by molar-refractivity contribution is -0.131. The summed E-state index contributed by atoms with van der Waals surface area (Å²) in [6.07, 6.45) is 3.63. The average molecular weight is 313 g/mol. The van der Waals surface area contributed by atoms with Crippen LogP contribution in [-0.2, 0) is 31.5 Å². The van der Waals surface area contributed by atoms with Gasteiger partial charge in [-0.25, -0.2) is 4.98 Å².